The van der Waals surface area contributed by atoms with Crippen LogP contribution in [0.2, 0.25) is 0 Å². The Hall–Kier alpha value is -2.44. The molecule has 4 atom stereocenters. The fourth-order valence-corrected chi connectivity index (χ4v) is 4.32. The number of benzene rings is 2. The van der Waals surface area contributed by atoms with Crippen molar-refractivity contribution in [1.82, 2.24) is 10.2 Å². The standard InChI is InChI=1S/C22H25FN2O3/c23-17-11-5-4-10-16(17)22(27)24-18-14-19(28-15-8-2-1-3-9-15)21(26)20(18)25-12-6-7-13-25/h1-5,8-11,18-21,26H,6-7,12-14H2,(H,24,27)/t18-,19-,20+,21+/m1/s1. The van der Waals surface area contributed by atoms with Crippen molar-refractivity contribution in [1.29, 1.82) is 0 Å². The van der Waals surface area contributed by atoms with E-state index in [2.05, 4.69) is 10.2 Å². The Bertz CT molecular complexity index is 810. The highest BCUT2D eigenvalue weighted by Gasteiger charge is 2.48. The molecule has 1 saturated carbocycles. The molecule has 1 aliphatic carbocycles. The monoisotopic (exact) mass is 384 g/mol. The molecule has 1 saturated heterocycles. The van der Waals surface area contributed by atoms with Gasteiger partial charge in [-0.05, 0) is 50.2 Å². The van der Waals surface area contributed by atoms with Crippen LogP contribution in [0.15, 0.2) is 54.6 Å². The predicted molar refractivity (Wildman–Crippen MR) is 104 cm³/mol. The van der Waals surface area contributed by atoms with Gasteiger partial charge in [-0.3, -0.25) is 9.69 Å². The van der Waals surface area contributed by atoms with Crippen LogP contribution in [0.4, 0.5) is 4.39 Å². The molecule has 0 spiro atoms. The third-order valence-corrected chi connectivity index (χ3v) is 5.66. The van der Waals surface area contributed by atoms with E-state index in [0.29, 0.717) is 12.2 Å². The summed E-state index contributed by atoms with van der Waals surface area (Å²) in [5.41, 5.74) is 0.0181. The van der Waals surface area contributed by atoms with Gasteiger partial charge in [0.25, 0.3) is 5.91 Å². The van der Waals surface area contributed by atoms with Crippen LogP contribution in [0, 0.1) is 5.82 Å². The first kappa shape index (κ1) is 18.9. The summed E-state index contributed by atoms with van der Waals surface area (Å²) in [6.07, 6.45) is 1.45. The molecule has 2 fully saturated rings. The summed E-state index contributed by atoms with van der Waals surface area (Å²) >= 11 is 0. The lowest BCUT2D eigenvalue weighted by Gasteiger charge is -2.32. The largest absolute Gasteiger partial charge is 0.488 e. The number of hydrogen-bond acceptors (Lipinski definition) is 4. The quantitative estimate of drug-likeness (QED) is 0.832. The van der Waals surface area contributed by atoms with Crippen molar-refractivity contribution in [3.8, 4) is 5.75 Å². The molecule has 2 aromatic rings. The number of carbonyl (C=O) groups is 1. The van der Waals surface area contributed by atoms with Crippen LogP contribution in [-0.2, 0) is 0 Å². The van der Waals surface area contributed by atoms with Gasteiger partial charge in [0.1, 0.15) is 23.8 Å². The topological polar surface area (TPSA) is 61.8 Å². The smallest absolute Gasteiger partial charge is 0.254 e. The zero-order valence-electron chi connectivity index (χ0n) is 15.6. The van der Waals surface area contributed by atoms with Gasteiger partial charge < -0.3 is 15.2 Å². The molecule has 1 aliphatic heterocycles. The molecule has 28 heavy (non-hydrogen) atoms. The Labute approximate surface area is 164 Å². The van der Waals surface area contributed by atoms with Gasteiger partial charge >= 0.3 is 0 Å². The minimum absolute atomic E-state index is 0.0181. The summed E-state index contributed by atoms with van der Waals surface area (Å²) in [5, 5.41) is 13.9. The zero-order valence-corrected chi connectivity index (χ0v) is 15.6. The molecule has 5 nitrogen and oxygen atoms in total. The molecule has 1 heterocycles. The first-order valence-electron chi connectivity index (χ1n) is 9.82. The van der Waals surface area contributed by atoms with E-state index in [-0.39, 0.29) is 17.6 Å². The summed E-state index contributed by atoms with van der Waals surface area (Å²) in [6, 6.07) is 14.8. The van der Waals surface area contributed by atoms with Crippen molar-refractivity contribution >= 4 is 5.91 Å². The summed E-state index contributed by atoms with van der Waals surface area (Å²) in [6.45, 7) is 1.76. The van der Waals surface area contributed by atoms with E-state index in [4.69, 9.17) is 4.74 Å². The molecule has 0 aromatic heterocycles. The zero-order chi connectivity index (χ0) is 19.5. The van der Waals surface area contributed by atoms with Crippen molar-refractivity contribution in [3.63, 3.8) is 0 Å². The maximum atomic E-state index is 14.0. The van der Waals surface area contributed by atoms with Crippen LogP contribution in [0.5, 0.6) is 5.75 Å². The number of aliphatic hydroxyl groups excluding tert-OH is 1. The van der Waals surface area contributed by atoms with Crippen molar-refractivity contribution < 1.29 is 19.0 Å². The number of para-hydroxylation sites is 1. The summed E-state index contributed by atoms with van der Waals surface area (Å²) in [7, 11) is 0. The summed E-state index contributed by atoms with van der Waals surface area (Å²) in [4.78, 5) is 14.9. The number of aliphatic hydroxyl groups is 1. The highest BCUT2D eigenvalue weighted by Crippen LogP contribution is 2.31. The van der Waals surface area contributed by atoms with Crippen LogP contribution in [0.3, 0.4) is 0 Å². The van der Waals surface area contributed by atoms with E-state index in [1.54, 1.807) is 12.1 Å². The first-order valence-corrected chi connectivity index (χ1v) is 9.82. The van der Waals surface area contributed by atoms with E-state index < -0.39 is 23.9 Å². The highest BCUT2D eigenvalue weighted by molar-refractivity contribution is 5.94. The second-order valence-corrected chi connectivity index (χ2v) is 7.49. The highest BCUT2D eigenvalue weighted by atomic mass is 19.1. The molecule has 0 unspecified atom stereocenters. The minimum Gasteiger partial charge on any atom is -0.488 e. The first-order chi connectivity index (χ1) is 13.6. The van der Waals surface area contributed by atoms with Gasteiger partial charge in [0.2, 0.25) is 0 Å². The van der Waals surface area contributed by atoms with Crippen LogP contribution in [-0.4, -0.2) is 53.3 Å². The molecular weight excluding hydrogens is 359 g/mol. The molecule has 2 aromatic carbocycles. The lowest BCUT2D eigenvalue weighted by atomic mass is 10.1. The lowest BCUT2D eigenvalue weighted by Crippen LogP contribution is -2.52. The van der Waals surface area contributed by atoms with E-state index in [9.17, 15) is 14.3 Å². The van der Waals surface area contributed by atoms with Gasteiger partial charge in [0.05, 0.1) is 17.6 Å². The number of nitrogens with one attached hydrogen (secondary N) is 1. The average molecular weight is 384 g/mol. The number of carbonyl (C=O) groups excluding carboxylic acids is 1. The molecule has 0 bridgehead atoms. The van der Waals surface area contributed by atoms with Gasteiger partial charge in [-0.2, -0.15) is 0 Å². The van der Waals surface area contributed by atoms with Crippen molar-refractivity contribution in [3.05, 3.63) is 66.0 Å². The van der Waals surface area contributed by atoms with E-state index in [1.807, 2.05) is 30.3 Å². The number of rotatable bonds is 5. The molecule has 6 heteroatoms. The summed E-state index contributed by atoms with van der Waals surface area (Å²) in [5.74, 6) is -0.319. The fraction of sp³-hybridized carbons (Fsp3) is 0.409. The van der Waals surface area contributed by atoms with Gasteiger partial charge in [0.15, 0.2) is 0 Å². The van der Waals surface area contributed by atoms with E-state index in [0.717, 1.165) is 25.9 Å². The maximum Gasteiger partial charge on any atom is 0.254 e. The molecule has 1 amide bonds. The Morgan fingerprint density at radius 1 is 1.07 bits per heavy atom. The Morgan fingerprint density at radius 3 is 2.46 bits per heavy atom. The Kier molecular flexibility index (Phi) is 5.59. The van der Waals surface area contributed by atoms with Gasteiger partial charge in [-0.1, -0.05) is 30.3 Å². The van der Waals surface area contributed by atoms with Gasteiger partial charge in [0, 0.05) is 6.42 Å². The Balaban J connectivity index is 1.53. The van der Waals surface area contributed by atoms with Gasteiger partial charge in [-0.15, -0.1) is 0 Å². The molecule has 148 valence electrons. The third kappa shape index (κ3) is 3.88. The predicted octanol–water partition coefficient (Wildman–Crippen LogP) is 2.60. The molecular formula is C22H25FN2O3. The maximum absolute atomic E-state index is 14.0. The van der Waals surface area contributed by atoms with Crippen molar-refractivity contribution in [2.45, 2.75) is 43.6 Å². The number of hydrogen-bond donors (Lipinski definition) is 2. The fourth-order valence-electron chi connectivity index (χ4n) is 4.32. The molecule has 2 N–H and O–H groups in total. The second-order valence-electron chi connectivity index (χ2n) is 7.49. The number of nitrogens with zero attached hydrogens (tertiary/aromatic N) is 1. The van der Waals surface area contributed by atoms with Gasteiger partial charge in [-0.25, -0.2) is 4.39 Å². The SMILES string of the molecule is O=C(N[C@@H]1C[C@@H](Oc2ccccc2)[C@H](O)[C@H]1N1CCCC1)c1ccccc1F. The number of amides is 1. The second kappa shape index (κ2) is 8.29. The van der Waals surface area contributed by atoms with E-state index >= 15 is 0 Å². The molecule has 4 rings (SSSR count). The molecule has 0 radical (unpaired) electrons. The number of ether oxygens (including phenoxy) is 1. The normalized spacial score (nSPS) is 27.6. The van der Waals surface area contributed by atoms with E-state index in [1.165, 1.54) is 12.1 Å². The Morgan fingerprint density at radius 2 is 1.75 bits per heavy atom. The number of likely N-dealkylation sites (tertiary alicyclic amines) is 1. The summed E-state index contributed by atoms with van der Waals surface area (Å²) < 4.78 is 20.0. The third-order valence-electron chi connectivity index (χ3n) is 5.66. The van der Waals surface area contributed by atoms with Crippen LogP contribution >= 0.6 is 0 Å². The van der Waals surface area contributed by atoms with Crippen molar-refractivity contribution in [2.24, 2.45) is 0 Å². The van der Waals surface area contributed by atoms with Crippen LogP contribution in [0.25, 0.3) is 0 Å². The van der Waals surface area contributed by atoms with Crippen LogP contribution in [0.1, 0.15) is 29.6 Å². The minimum atomic E-state index is -0.732. The average Bonchev–Trinajstić information content (AvgIpc) is 3.31. The van der Waals surface area contributed by atoms with Crippen molar-refractivity contribution in [2.75, 3.05) is 13.1 Å². The molecule has 2 aliphatic rings. The van der Waals surface area contributed by atoms with Crippen LogP contribution < -0.4 is 10.1 Å². The number of halogens is 1. The lowest BCUT2D eigenvalue weighted by molar-refractivity contribution is 0.0139.